The van der Waals surface area contributed by atoms with Crippen molar-refractivity contribution < 1.29 is 17.0 Å². The summed E-state index contributed by atoms with van der Waals surface area (Å²) in [5.74, 6) is 0. The van der Waals surface area contributed by atoms with E-state index >= 15 is 0 Å². The highest BCUT2D eigenvalue weighted by molar-refractivity contribution is 6.29. The fourth-order valence-electron chi connectivity index (χ4n) is 0.824. The van der Waals surface area contributed by atoms with Gasteiger partial charge in [0.25, 0.3) is 0 Å². The molecule has 0 spiro atoms. The van der Waals surface area contributed by atoms with Crippen molar-refractivity contribution in [1.29, 1.82) is 0 Å². The molecule has 0 aliphatic carbocycles. The van der Waals surface area contributed by atoms with Crippen molar-refractivity contribution in [2.45, 2.75) is 6.54 Å². The van der Waals surface area contributed by atoms with E-state index in [0.29, 0.717) is 0 Å². The van der Waals surface area contributed by atoms with Gasteiger partial charge in [-0.05, 0) is 11.6 Å². The molecule has 0 aliphatic rings. The minimum Gasteiger partial charge on any atom is -1.00 e. The van der Waals surface area contributed by atoms with Crippen LogP contribution in [0.1, 0.15) is 0 Å². The van der Waals surface area contributed by atoms with Gasteiger partial charge in [0.15, 0.2) is 0 Å². The van der Waals surface area contributed by atoms with Gasteiger partial charge in [-0.3, -0.25) is 0 Å². The van der Waals surface area contributed by atoms with E-state index in [9.17, 15) is 0 Å². The van der Waals surface area contributed by atoms with Gasteiger partial charge in [-0.2, -0.15) is 0 Å². The Labute approximate surface area is 77.5 Å². The van der Waals surface area contributed by atoms with E-state index in [0.717, 1.165) is 11.7 Å². The summed E-state index contributed by atoms with van der Waals surface area (Å²) in [4.78, 5) is 0. The standard InChI is InChI=1S/C7H10ClN2.ClH/c1-3-4-10-6-9(2)5-7(10)8;/h3,5-6H,1,4H2,2H3;1H/q+1;/p-1. The molecule has 0 aliphatic heterocycles. The maximum Gasteiger partial charge on any atom is 0.245 e. The van der Waals surface area contributed by atoms with E-state index < -0.39 is 0 Å². The van der Waals surface area contributed by atoms with Crippen LogP contribution >= 0.6 is 11.6 Å². The zero-order valence-corrected chi connectivity index (χ0v) is 7.81. The summed E-state index contributed by atoms with van der Waals surface area (Å²) in [6, 6.07) is 0. The number of nitrogens with zero attached hydrogens (tertiary/aromatic N) is 2. The quantitative estimate of drug-likeness (QED) is 0.385. The van der Waals surface area contributed by atoms with E-state index in [1.807, 2.05) is 34.8 Å². The summed E-state index contributed by atoms with van der Waals surface area (Å²) in [5, 5.41) is 0.738. The number of hydrogen-bond acceptors (Lipinski definition) is 0. The van der Waals surface area contributed by atoms with Crippen LogP contribution in [0.4, 0.5) is 0 Å². The maximum absolute atomic E-state index is 5.82. The molecule has 0 atom stereocenters. The Balaban J connectivity index is 0.000001000. The Hall–Kier alpha value is -0.470. The number of aryl methyl sites for hydroxylation is 1. The highest BCUT2D eigenvalue weighted by atomic mass is 35.5. The molecular formula is C7H10Cl2N2. The molecule has 1 aromatic rings. The molecule has 0 amide bonds. The van der Waals surface area contributed by atoms with Gasteiger partial charge in [-0.25, -0.2) is 9.13 Å². The van der Waals surface area contributed by atoms with E-state index in [1.165, 1.54) is 0 Å². The average molecular weight is 193 g/mol. The summed E-state index contributed by atoms with van der Waals surface area (Å²) in [6.07, 6.45) is 5.58. The van der Waals surface area contributed by atoms with Crippen LogP contribution in [-0.2, 0) is 13.6 Å². The summed E-state index contributed by atoms with van der Waals surface area (Å²) in [7, 11) is 1.94. The van der Waals surface area contributed by atoms with Gasteiger partial charge in [0.1, 0.15) is 12.7 Å². The minimum absolute atomic E-state index is 0. The van der Waals surface area contributed by atoms with Gasteiger partial charge in [0.2, 0.25) is 11.5 Å². The number of imidazole rings is 1. The molecule has 0 fully saturated rings. The van der Waals surface area contributed by atoms with Crippen LogP contribution in [0.3, 0.4) is 0 Å². The topological polar surface area (TPSA) is 8.81 Å². The van der Waals surface area contributed by atoms with Gasteiger partial charge in [0, 0.05) is 0 Å². The number of rotatable bonds is 2. The molecule has 0 N–H and O–H groups in total. The van der Waals surface area contributed by atoms with E-state index in [2.05, 4.69) is 6.58 Å². The third-order valence-electron chi connectivity index (χ3n) is 1.23. The first-order chi connectivity index (χ1) is 4.74. The second kappa shape index (κ2) is 4.42. The summed E-state index contributed by atoms with van der Waals surface area (Å²) in [6.45, 7) is 4.38. The Morgan fingerprint density at radius 2 is 2.45 bits per heavy atom. The molecular weight excluding hydrogens is 183 g/mol. The second-order valence-corrected chi connectivity index (χ2v) is 2.56. The lowest BCUT2D eigenvalue weighted by Gasteiger charge is -1.86. The van der Waals surface area contributed by atoms with Gasteiger partial charge in [-0.15, -0.1) is 0 Å². The smallest absolute Gasteiger partial charge is 0.245 e. The number of allylic oxidation sites excluding steroid dienone is 1. The normalized spacial score (nSPS) is 8.91. The molecule has 0 saturated carbocycles. The molecule has 0 radical (unpaired) electrons. The van der Waals surface area contributed by atoms with Crippen molar-refractivity contribution in [3.05, 3.63) is 30.3 Å². The second-order valence-electron chi connectivity index (χ2n) is 2.17. The highest BCUT2D eigenvalue weighted by Gasteiger charge is 2.05. The Morgan fingerprint density at radius 3 is 2.82 bits per heavy atom. The van der Waals surface area contributed by atoms with Crippen LogP contribution < -0.4 is 17.0 Å². The van der Waals surface area contributed by atoms with E-state index in [4.69, 9.17) is 11.6 Å². The van der Waals surface area contributed by atoms with E-state index in [1.54, 1.807) is 0 Å². The Kier molecular flexibility index (Phi) is 4.23. The molecule has 4 heteroatoms. The first-order valence-electron chi connectivity index (χ1n) is 3.06. The van der Waals surface area contributed by atoms with Crippen LogP contribution in [0.25, 0.3) is 0 Å². The number of hydrogen-bond donors (Lipinski definition) is 0. The van der Waals surface area contributed by atoms with Crippen molar-refractivity contribution in [3.63, 3.8) is 0 Å². The first kappa shape index (κ1) is 10.5. The lowest BCUT2D eigenvalue weighted by atomic mass is 10.6. The first-order valence-corrected chi connectivity index (χ1v) is 3.43. The fraction of sp³-hybridized carbons (Fsp3) is 0.286. The van der Waals surface area contributed by atoms with Crippen LogP contribution in [0, 0.1) is 0 Å². The van der Waals surface area contributed by atoms with Crippen LogP contribution in [-0.4, -0.2) is 4.57 Å². The van der Waals surface area contributed by atoms with Crippen molar-refractivity contribution in [2.24, 2.45) is 7.05 Å². The summed E-state index contributed by atoms with van der Waals surface area (Å²) in [5.41, 5.74) is 0. The zero-order chi connectivity index (χ0) is 7.56. The van der Waals surface area contributed by atoms with Gasteiger partial charge >= 0.3 is 0 Å². The summed E-state index contributed by atoms with van der Waals surface area (Å²) >= 11 is 5.82. The van der Waals surface area contributed by atoms with Crippen molar-refractivity contribution in [3.8, 4) is 0 Å². The lowest BCUT2D eigenvalue weighted by Crippen LogP contribution is -3.00. The monoisotopic (exact) mass is 192 g/mol. The number of aromatic nitrogens is 2. The average Bonchev–Trinajstić information content (AvgIpc) is 2.13. The van der Waals surface area contributed by atoms with Crippen molar-refractivity contribution in [1.82, 2.24) is 4.57 Å². The highest BCUT2D eigenvalue weighted by Crippen LogP contribution is 2.04. The molecule has 2 nitrogen and oxygen atoms in total. The van der Waals surface area contributed by atoms with E-state index in [-0.39, 0.29) is 12.4 Å². The molecule has 1 heterocycles. The minimum atomic E-state index is 0. The Morgan fingerprint density at radius 1 is 1.82 bits per heavy atom. The molecule has 0 unspecified atom stereocenters. The summed E-state index contributed by atoms with van der Waals surface area (Å²) < 4.78 is 3.82. The third-order valence-corrected chi connectivity index (χ3v) is 1.55. The maximum atomic E-state index is 5.82. The molecule has 0 bridgehead atoms. The van der Waals surface area contributed by atoms with Gasteiger partial charge < -0.3 is 12.4 Å². The SMILES string of the molecule is C=CCn1c[n+](C)cc1Cl.[Cl-]. The van der Waals surface area contributed by atoms with Crippen molar-refractivity contribution in [2.75, 3.05) is 0 Å². The number of halogens is 2. The molecule has 0 saturated heterocycles. The predicted molar refractivity (Wildman–Crippen MR) is 40.8 cm³/mol. The molecule has 1 rings (SSSR count). The van der Waals surface area contributed by atoms with Crippen LogP contribution in [0.15, 0.2) is 25.2 Å². The van der Waals surface area contributed by atoms with Crippen LogP contribution in [0.2, 0.25) is 5.15 Å². The zero-order valence-electron chi connectivity index (χ0n) is 6.30. The Bertz CT molecular complexity index is 243. The van der Waals surface area contributed by atoms with Crippen LogP contribution in [0.5, 0.6) is 0 Å². The molecule has 1 aromatic heterocycles. The lowest BCUT2D eigenvalue weighted by molar-refractivity contribution is -0.670. The molecule has 62 valence electrons. The van der Waals surface area contributed by atoms with Crippen molar-refractivity contribution >= 4 is 11.6 Å². The van der Waals surface area contributed by atoms with Gasteiger partial charge in [0.05, 0.1) is 7.05 Å². The molecule has 11 heavy (non-hydrogen) atoms. The molecule has 0 aromatic carbocycles. The largest absolute Gasteiger partial charge is 1.00 e. The predicted octanol–water partition coefficient (Wildman–Crippen LogP) is -1.84. The third kappa shape index (κ3) is 2.56. The van der Waals surface area contributed by atoms with Gasteiger partial charge in [-0.1, -0.05) is 12.7 Å². The fourth-order valence-corrected chi connectivity index (χ4v) is 1.09.